The molecule has 7 nitrogen and oxygen atoms in total. The zero-order valence-electron chi connectivity index (χ0n) is 10.9. The van der Waals surface area contributed by atoms with Crippen molar-refractivity contribution in [2.75, 3.05) is 31.7 Å². The van der Waals surface area contributed by atoms with Gasteiger partial charge in [-0.3, -0.25) is 4.79 Å². The van der Waals surface area contributed by atoms with Crippen LogP contribution in [-0.4, -0.2) is 43.7 Å². The van der Waals surface area contributed by atoms with Crippen molar-refractivity contribution in [3.05, 3.63) is 12.0 Å². The molecule has 2 heterocycles. The molecule has 0 N–H and O–H groups in total. The quantitative estimate of drug-likeness (QED) is 0.748. The molecular formula is C12H16N2O5. The van der Waals surface area contributed by atoms with E-state index in [2.05, 4.69) is 4.98 Å². The van der Waals surface area contributed by atoms with Crippen LogP contribution in [0.4, 0.5) is 6.01 Å². The topological polar surface area (TPSA) is 81.9 Å². The van der Waals surface area contributed by atoms with Gasteiger partial charge in [0, 0.05) is 13.1 Å². The summed E-state index contributed by atoms with van der Waals surface area (Å²) in [5.41, 5.74) is 0.137. The van der Waals surface area contributed by atoms with Crippen LogP contribution in [0.5, 0.6) is 0 Å². The molecule has 1 fully saturated rings. The van der Waals surface area contributed by atoms with Crippen LogP contribution in [-0.2, 0) is 14.3 Å². The Morgan fingerprint density at radius 3 is 3.05 bits per heavy atom. The van der Waals surface area contributed by atoms with E-state index in [4.69, 9.17) is 13.9 Å². The summed E-state index contributed by atoms with van der Waals surface area (Å²) in [5, 5.41) is 0. The van der Waals surface area contributed by atoms with Crippen molar-refractivity contribution >= 4 is 18.0 Å². The number of carbonyl (C=O) groups excluding carboxylic acids is 2. The van der Waals surface area contributed by atoms with Crippen LogP contribution in [0.15, 0.2) is 10.7 Å². The van der Waals surface area contributed by atoms with Gasteiger partial charge in [-0.2, -0.15) is 4.98 Å². The van der Waals surface area contributed by atoms with Gasteiger partial charge in [0.1, 0.15) is 6.26 Å². The number of nitrogens with zero attached hydrogens (tertiary/aromatic N) is 2. The molecule has 104 valence electrons. The Labute approximate surface area is 110 Å². The summed E-state index contributed by atoms with van der Waals surface area (Å²) in [4.78, 5) is 28.7. The first-order valence-electron chi connectivity index (χ1n) is 6.11. The highest BCUT2D eigenvalue weighted by molar-refractivity contribution is 5.87. The summed E-state index contributed by atoms with van der Waals surface area (Å²) in [5.74, 6) is -0.927. The minimum atomic E-state index is -0.513. The lowest BCUT2D eigenvalue weighted by atomic mass is 10.1. The molecule has 2 rings (SSSR count). The third-order valence-electron chi connectivity index (χ3n) is 2.97. The molecule has 0 aromatic carbocycles. The maximum absolute atomic E-state index is 11.5. The first-order valence-corrected chi connectivity index (χ1v) is 6.11. The second kappa shape index (κ2) is 5.73. The molecule has 1 aliphatic rings. The third kappa shape index (κ3) is 2.86. The van der Waals surface area contributed by atoms with E-state index >= 15 is 0 Å². The molecule has 1 aromatic rings. The molecule has 1 aliphatic heterocycles. The summed E-state index contributed by atoms with van der Waals surface area (Å²) in [6.45, 7) is 3.13. The zero-order valence-corrected chi connectivity index (χ0v) is 10.9. The number of hydrogen-bond acceptors (Lipinski definition) is 7. The van der Waals surface area contributed by atoms with Gasteiger partial charge in [-0.25, -0.2) is 4.79 Å². The number of esters is 2. The van der Waals surface area contributed by atoms with Crippen LogP contribution in [0.1, 0.15) is 23.8 Å². The van der Waals surface area contributed by atoms with E-state index in [0.717, 1.165) is 0 Å². The van der Waals surface area contributed by atoms with E-state index in [1.807, 2.05) is 4.90 Å². The first kappa shape index (κ1) is 13.4. The molecule has 0 bridgehead atoms. The predicted molar refractivity (Wildman–Crippen MR) is 64.8 cm³/mol. The monoisotopic (exact) mass is 268 g/mol. The maximum atomic E-state index is 11.5. The maximum Gasteiger partial charge on any atom is 0.360 e. The largest absolute Gasteiger partial charge is 0.469 e. The predicted octanol–water partition coefficient (Wildman–Crippen LogP) is 0.851. The summed E-state index contributed by atoms with van der Waals surface area (Å²) in [6.07, 6.45) is 1.95. The highest BCUT2D eigenvalue weighted by atomic mass is 16.5. The van der Waals surface area contributed by atoms with Crippen LogP contribution in [0, 0.1) is 5.92 Å². The number of carbonyl (C=O) groups is 2. The molecule has 1 aromatic heterocycles. The number of hydrogen-bond donors (Lipinski definition) is 0. The Bertz CT molecular complexity index is 470. The first-order chi connectivity index (χ1) is 9.15. The number of anilines is 1. The molecule has 0 amide bonds. The molecule has 0 spiro atoms. The normalized spacial score (nSPS) is 18.4. The fourth-order valence-electron chi connectivity index (χ4n) is 2.00. The second-order valence-electron chi connectivity index (χ2n) is 4.19. The van der Waals surface area contributed by atoms with Crippen LogP contribution in [0.3, 0.4) is 0 Å². The minimum Gasteiger partial charge on any atom is -0.469 e. The fraction of sp³-hybridized carbons (Fsp3) is 0.583. The Kier molecular flexibility index (Phi) is 4.03. The number of oxazole rings is 1. The Hall–Kier alpha value is -2.05. The van der Waals surface area contributed by atoms with E-state index in [9.17, 15) is 9.59 Å². The van der Waals surface area contributed by atoms with Crippen LogP contribution in [0.2, 0.25) is 0 Å². The minimum absolute atomic E-state index is 0.137. The van der Waals surface area contributed by atoms with E-state index in [-0.39, 0.29) is 24.2 Å². The molecule has 1 unspecified atom stereocenters. The van der Waals surface area contributed by atoms with Crippen LogP contribution >= 0.6 is 0 Å². The lowest BCUT2D eigenvalue weighted by Crippen LogP contribution is -2.23. The van der Waals surface area contributed by atoms with Gasteiger partial charge in [0.15, 0.2) is 5.69 Å². The lowest BCUT2D eigenvalue weighted by molar-refractivity contribution is -0.144. The van der Waals surface area contributed by atoms with Crippen LogP contribution in [0.25, 0.3) is 0 Å². The zero-order chi connectivity index (χ0) is 13.8. The van der Waals surface area contributed by atoms with Crippen molar-refractivity contribution in [1.82, 2.24) is 4.98 Å². The highest BCUT2D eigenvalue weighted by Gasteiger charge is 2.31. The van der Waals surface area contributed by atoms with Crippen molar-refractivity contribution in [3.63, 3.8) is 0 Å². The average Bonchev–Trinajstić information content (AvgIpc) is 3.06. The number of ether oxygens (including phenoxy) is 2. The number of rotatable bonds is 4. The standard InChI is InChI=1S/C12H16N2O5/c1-3-18-11(16)9-7-19-12(13-9)14-5-4-8(6-14)10(15)17-2/h7-8H,3-6H2,1-2H3. The second-order valence-corrected chi connectivity index (χ2v) is 4.19. The van der Waals surface area contributed by atoms with Crippen molar-refractivity contribution in [2.45, 2.75) is 13.3 Å². The van der Waals surface area contributed by atoms with Gasteiger partial charge in [0.25, 0.3) is 6.01 Å². The molecule has 7 heteroatoms. The van der Waals surface area contributed by atoms with Gasteiger partial charge < -0.3 is 18.8 Å². The summed E-state index contributed by atoms with van der Waals surface area (Å²) >= 11 is 0. The molecule has 0 radical (unpaired) electrons. The van der Waals surface area contributed by atoms with Crippen molar-refractivity contribution < 1.29 is 23.5 Å². The summed E-state index contributed by atoms with van der Waals surface area (Å²) in [7, 11) is 1.37. The average molecular weight is 268 g/mol. The Morgan fingerprint density at radius 1 is 1.58 bits per heavy atom. The smallest absolute Gasteiger partial charge is 0.360 e. The van der Waals surface area contributed by atoms with E-state index in [1.54, 1.807) is 6.92 Å². The summed E-state index contributed by atoms with van der Waals surface area (Å²) < 4.78 is 14.8. The van der Waals surface area contributed by atoms with Crippen molar-refractivity contribution in [2.24, 2.45) is 5.92 Å². The molecular weight excluding hydrogens is 252 g/mol. The number of methoxy groups -OCH3 is 1. The number of aromatic nitrogens is 1. The SMILES string of the molecule is CCOC(=O)c1coc(N2CCC(C(=O)OC)C2)n1. The Morgan fingerprint density at radius 2 is 2.37 bits per heavy atom. The molecule has 1 saturated heterocycles. The van der Waals surface area contributed by atoms with Gasteiger partial charge in [-0.1, -0.05) is 0 Å². The fourth-order valence-corrected chi connectivity index (χ4v) is 2.00. The van der Waals surface area contributed by atoms with E-state index in [1.165, 1.54) is 13.4 Å². The van der Waals surface area contributed by atoms with Gasteiger partial charge in [0.05, 0.1) is 19.6 Å². The van der Waals surface area contributed by atoms with E-state index < -0.39 is 5.97 Å². The van der Waals surface area contributed by atoms with Crippen LogP contribution < -0.4 is 4.90 Å². The molecule has 0 saturated carbocycles. The van der Waals surface area contributed by atoms with Crippen molar-refractivity contribution in [1.29, 1.82) is 0 Å². The third-order valence-corrected chi connectivity index (χ3v) is 2.97. The van der Waals surface area contributed by atoms with Gasteiger partial charge in [0.2, 0.25) is 0 Å². The lowest BCUT2D eigenvalue weighted by Gasteiger charge is -2.12. The molecule has 1 atom stereocenters. The molecule has 0 aliphatic carbocycles. The molecule has 19 heavy (non-hydrogen) atoms. The van der Waals surface area contributed by atoms with Gasteiger partial charge >= 0.3 is 11.9 Å². The van der Waals surface area contributed by atoms with E-state index in [0.29, 0.717) is 25.5 Å². The van der Waals surface area contributed by atoms with Crippen molar-refractivity contribution in [3.8, 4) is 0 Å². The van der Waals surface area contributed by atoms with Gasteiger partial charge in [-0.15, -0.1) is 0 Å². The Balaban J connectivity index is 2.00. The van der Waals surface area contributed by atoms with Gasteiger partial charge in [-0.05, 0) is 13.3 Å². The highest BCUT2D eigenvalue weighted by Crippen LogP contribution is 2.24. The summed E-state index contributed by atoms with van der Waals surface area (Å²) in [6, 6.07) is 0.328.